The number of hydrogen-bond donors (Lipinski definition) is 1. The Bertz CT molecular complexity index is 1120. The Hall–Kier alpha value is -2.77. The fourth-order valence-electron chi connectivity index (χ4n) is 2.52. The molecule has 0 saturated carbocycles. The van der Waals surface area contributed by atoms with Crippen LogP contribution in [0.15, 0.2) is 48.5 Å². The molecule has 0 unspecified atom stereocenters. The Morgan fingerprint density at radius 1 is 1.23 bits per heavy atom. The summed E-state index contributed by atoms with van der Waals surface area (Å²) in [5, 5.41) is 8.36. The number of benzene rings is 2. The number of anilines is 1. The van der Waals surface area contributed by atoms with Crippen LogP contribution in [0, 0.1) is 12.7 Å². The van der Waals surface area contributed by atoms with E-state index in [1.165, 1.54) is 35.6 Å². The zero-order valence-electron chi connectivity index (χ0n) is 13.5. The predicted octanol–water partition coefficient (Wildman–Crippen LogP) is 4.84. The lowest BCUT2D eigenvalue weighted by Crippen LogP contribution is -2.15. The van der Waals surface area contributed by atoms with Gasteiger partial charge in [-0.2, -0.15) is 9.78 Å². The lowest BCUT2D eigenvalue weighted by atomic mass is 10.2. The van der Waals surface area contributed by atoms with Gasteiger partial charge in [-0.3, -0.25) is 4.79 Å². The van der Waals surface area contributed by atoms with Crippen molar-refractivity contribution in [3.63, 3.8) is 0 Å². The number of fused-ring (bicyclic) bond motifs is 1. The first-order chi connectivity index (χ1) is 12.5. The number of carbonyl (C=O) groups is 1. The summed E-state index contributed by atoms with van der Waals surface area (Å²) in [5.74, 6) is -0.272. The molecule has 8 heteroatoms. The first-order valence-electron chi connectivity index (χ1n) is 7.70. The van der Waals surface area contributed by atoms with Gasteiger partial charge < -0.3 is 5.32 Å². The third-order valence-corrected chi connectivity index (χ3v) is 5.02. The van der Waals surface area contributed by atoms with Gasteiger partial charge in [-0.1, -0.05) is 29.0 Å². The van der Waals surface area contributed by atoms with E-state index in [1.807, 2.05) is 19.1 Å². The van der Waals surface area contributed by atoms with Crippen molar-refractivity contribution in [2.75, 3.05) is 5.32 Å². The maximum Gasteiger partial charge on any atom is 0.256 e. The zero-order chi connectivity index (χ0) is 18.3. The van der Waals surface area contributed by atoms with Crippen LogP contribution in [0.5, 0.6) is 0 Å². The molecule has 0 radical (unpaired) electrons. The third-order valence-electron chi connectivity index (χ3n) is 3.72. The van der Waals surface area contributed by atoms with Crippen LogP contribution in [-0.2, 0) is 0 Å². The molecule has 0 spiro atoms. The summed E-state index contributed by atoms with van der Waals surface area (Å²) >= 11 is 7.62. The fourth-order valence-corrected chi connectivity index (χ4v) is 3.75. The third kappa shape index (κ3) is 3.07. The van der Waals surface area contributed by atoms with Gasteiger partial charge in [-0.05, 0) is 43.3 Å². The Morgan fingerprint density at radius 2 is 2.00 bits per heavy atom. The number of carbonyl (C=O) groups excluding carboxylic acids is 1. The Morgan fingerprint density at radius 3 is 2.73 bits per heavy atom. The van der Waals surface area contributed by atoms with Crippen LogP contribution in [0.3, 0.4) is 0 Å². The van der Waals surface area contributed by atoms with Crippen molar-refractivity contribution < 1.29 is 9.18 Å². The van der Waals surface area contributed by atoms with Gasteiger partial charge >= 0.3 is 0 Å². The number of hydrogen-bond acceptors (Lipinski definition) is 4. The van der Waals surface area contributed by atoms with Crippen LogP contribution in [-0.4, -0.2) is 20.7 Å². The maximum absolute atomic E-state index is 13.0. The van der Waals surface area contributed by atoms with Crippen LogP contribution in [0.2, 0.25) is 5.02 Å². The average molecular weight is 387 g/mol. The molecule has 26 heavy (non-hydrogen) atoms. The highest BCUT2D eigenvalue weighted by molar-refractivity contribution is 7.20. The molecular weight excluding hydrogens is 375 g/mol. The average Bonchev–Trinajstić information content (AvgIpc) is 3.19. The number of nitrogens with one attached hydrogen (secondary N) is 1. The van der Waals surface area contributed by atoms with Crippen LogP contribution in [0.25, 0.3) is 15.3 Å². The molecule has 4 aromatic rings. The van der Waals surface area contributed by atoms with Gasteiger partial charge in [0, 0.05) is 11.6 Å². The Balaban J connectivity index is 1.71. The summed E-state index contributed by atoms with van der Waals surface area (Å²) in [4.78, 5) is 17.0. The highest BCUT2D eigenvalue weighted by atomic mass is 35.5. The van der Waals surface area contributed by atoms with E-state index in [4.69, 9.17) is 11.6 Å². The summed E-state index contributed by atoms with van der Waals surface area (Å²) in [6.07, 6.45) is 0. The van der Waals surface area contributed by atoms with Gasteiger partial charge in [0.1, 0.15) is 17.2 Å². The van der Waals surface area contributed by atoms with Gasteiger partial charge in [0.2, 0.25) is 5.13 Å². The molecule has 2 heterocycles. The molecule has 0 atom stereocenters. The van der Waals surface area contributed by atoms with Crippen LogP contribution in [0.1, 0.15) is 16.1 Å². The van der Waals surface area contributed by atoms with Crippen molar-refractivity contribution in [1.29, 1.82) is 0 Å². The van der Waals surface area contributed by atoms with Crippen LogP contribution in [0.4, 0.5) is 10.2 Å². The molecule has 2 aromatic heterocycles. The molecular formula is C18H12ClFN4OS. The molecule has 1 N–H and O–H groups in total. The Kier molecular flexibility index (Phi) is 4.18. The molecule has 0 aliphatic heterocycles. The monoisotopic (exact) mass is 386 g/mol. The first-order valence-corrected chi connectivity index (χ1v) is 8.90. The minimum absolute atomic E-state index is 0.351. The van der Waals surface area contributed by atoms with E-state index in [0.717, 1.165) is 10.4 Å². The minimum atomic E-state index is -0.395. The van der Waals surface area contributed by atoms with Gasteiger partial charge in [-0.25, -0.2) is 9.37 Å². The maximum atomic E-state index is 13.0. The van der Waals surface area contributed by atoms with E-state index in [9.17, 15) is 9.18 Å². The Labute approximate surface area is 157 Å². The molecule has 1 amide bonds. The largest absolute Gasteiger partial charge is 0.306 e. The number of aromatic nitrogens is 3. The van der Waals surface area contributed by atoms with Crippen molar-refractivity contribution in [1.82, 2.24) is 14.8 Å². The summed E-state index contributed by atoms with van der Waals surface area (Å²) in [5.41, 5.74) is 1.77. The zero-order valence-corrected chi connectivity index (χ0v) is 15.1. The predicted molar refractivity (Wildman–Crippen MR) is 101 cm³/mol. The van der Waals surface area contributed by atoms with Gasteiger partial charge in [-0.15, -0.1) is 0 Å². The molecule has 5 nitrogen and oxygen atoms in total. The molecule has 2 aromatic carbocycles. The second kappa shape index (κ2) is 6.51. The van der Waals surface area contributed by atoms with E-state index in [-0.39, 0.29) is 5.91 Å². The van der Waals surface area contributed by atoms with Crippen molar-refractivity contribution in [3.05, 3.63) is 70.6 Å². The van der Waals surface area contributed by atoms with Crippen LogP contribution >= 0.6 is 22.9 Å². The number of nitrogens with zero attached hydrogens (tertiary/aromatic N) is 3. The van der Waals surface area contributed by atoms with E-state index >= 15 is 0 Å². The molecule has 0 aliphatic rings. The SMILES string of the molecule is Cc1cc(NC(=O)c2ccc(F)cc2)n(-c2nc3c(Cl)cccc3s2)n1. The van der Waals surface area contributed by atoms with E-state index in [0.29, 0.717) is 27.1 Å². The topological polar surface area (TPSA) is 59.8 Å². The van der Waals surface area contributed by atoms with Crippen molar-refractivity contribution >= 4 is 44.9 Å². The fraction of sp³-hybridized carbons (Fsp3) is 0.0556. The highest BCUT2D eigenvalue weighted by Gasteiger charge is 2.16. The van der Waals surface area contributed by atoms with E-state index in [1.54, 1.807) is 16.8 Å². The molecule has 0 bridgehead atoms. The smallest absolute Gasteiger partial charge is 0.256 e. The highest BCUT2D eigenvalue weighted by Crippen LogP contribution is 2.31. The standard InChI is InChI=1S/C18H12ClFN4OS/c1-10-9-15(21-17(25)11-5-7-12(20)8-6-11)24(23-10)18-22-16-13(19)3-2-4-14(16)26-18/h2-9H,1H3,(H,21,25). The quantitative estimate of drug-likeness (QED) is 0.548. The molecule has 4 rings (SSSR count). The second-order valence-electron chi connectivity index (χ2n) is 5.63. The van der Waals surface area contributed by atoms with E-state index in [2.05, 4.69) is 15.4 Å². The molecule has 0 fully saturated rings. The van der Waals surface area contributed by atoms with Crippen LogP contribution < -0.4 is 5.32 Å². The second-order valence-corrected chi connectivity index (χ2v) is 7.04. The lowest BCUT2D eigenvalue weighted by Gasteiger charge is -2.06. The summed E-state index contributed by atoms with van der Waals surface area (Å²) in [6, 6.07) is 12.6. The number of rotatable bonds is 3. The summed E-state index contributed by atoms with van der Waals surface area (Å²) < 4.78 is 15.5. The summed E-state index contributed by atoms with van der Waals surface area (Å²) in [6.45, 7) is 1.82. The number of para-hydroxylation sites is 1. The number of halogens is 2. The number of thiazole rings is 1. The molecule has 0 aliphatic carbocycles. The van der Waals surface area contributed by atoms with Crippen molar-refractivity contribution in [3.8, 4) is 5.13 Å². The van der Waals surface area contributed by atoms with Crippen molar-refractivity contribution in [2.45, 2.75) is 6.92 Å². The normalized spacial score (nSPS) is 11.0. The minimum Gasteiger partial charge on any atom is -0.306 e. The number of amides is 1. The van der Waals surface area contributed by atoms with Gasteiger partial charge in [0.25, 0.3) is 5.91 Å². The molecule has 0 saturated heterocycles. The van der Waals surface area contributed by atoms with Crippen molar-refractivity contribution in [2.24, 2.45) is 0 Å². The first kappa shape index (κ1) is 16.7. The summed E-state index contributed by atoms with van der Waals surface area (Å²) in [7, 11) is 0. The number of aryl methyl sites for hydroxylation is 1. The van der Waals surface area contributed by atoms with E-state index < -0.39 is 5.82 Å². The molecule has 130 valence electrons. The lowest BCUT2D eigenvalue weighted by molar-refractivity contribution is 0.102. The van der Waals surface area contributed by atoms with Gasteiger partial charge in [0.05, 0.1) is 15.4 Å². The van der Waals surface area contributed by atoms with Gasteiger partial charge in [0.15, 0.2) is 0 Å².